The summed E-state index contributed by atoms with van der Waals surface area (Å²) < 4.78 is 0. The second kappa shape index (κ2) is 4.02. The lowest BCUT2D eigenvalue weighted by molar-refractivity contribution is 1.47. The van der Waals surface area contributed by atoms with Crippen LogP contribution in [0.4, 0.5) is 0 Å². The highest BCUT2D eigenvalue weighted by Gasteiger charge is 2.04. The fourth-order valence-corrected chi connectivity index (χ4v) is 2.32. The van der Waals surface area contributed by atoms with E-state index in [-0.39, 0.29) is 0 Å². The van der Waals surface area contributed by atoms with Crippen molar-refractivity contribution in [1.29, 1.82) is 0 Å². The monoisotopic (exact) mass is 219 g/mol. The van der Waals surface area contributed by atoms with E-state index < -0.39 is 0 Å². The molecule has 0 heterocycles. The Hall–Kier alpha value is -2.15. The zero-order valence-corrected chi connectivity index (χ0v) is 9.72. The number of aliphatic imine (C=N–C) groups is 1. The Kier molecular flexibility index (Phi) is 2.37. The van der Waals surface area contributed by atoms with Gasteiger partial charge in [0.25, 0.3) is 0 Å². The number of hydrogen-bond donors (Lipinski definition) is 0. The number of fused-ring (bicyclic) bond motifs is 2. The molecule has 0 saturated carbocycles. The third-order valence-electron chi connectivity index (χ3n) is 3.07. The minimum atomic E-state index is 1.21. The first-order valence-electron chi connectivity index (χ1n) is 5.73. The van der Waals surface area contributed by atoms with Crippen molar-refractivity contribution in [3.63, 3.8) is 0 Å². The summed E-state index contributed by atoms with van der Waals surface area (Å²) in [6.07, 6.45) is 1.95. The number of nitrogens with zero attached hydrogens (tertiary/aromatic N) is 1. The van der Waals surface area contributed by atoms with Crippen LogP contribution in [0, 0.1) is 0 Å². The minimum Gasteiger partial charge on any atom is -0.296 e. The Bertz CT molecular complexity index is 657. The maximum atomic E-state index is 4.18. The zero-order chi connectivity index (χ0) is 11.7. The number of rotatable bonds is 1. The van der Waals surface area contributed by atoms with Crippen LogP contribution in [0.15, 0.2) is 59.6 Å². The van der Waals surface area contributed by atoms with Crippen molar-refractivity contribution in [2.24, 2.45) is 4.99 Å². The van der Waals surface area contributed by atoms with E-state index in [1.165, 1.54) is 27.1 Å². The smallest absolute Gasteiger partial charge is 0.0293 e. The topological polar surface area (TPSA) is 12.4 Å². The molecule has 1 nitrogen and oxygen atoms in total. The van der Waals surface area contributed by atoms with Gasteiger partial charge in [0.15, 0.2) is 0 Å². The van der Waals surface area contributed by atoms with Gasteiger partial charge in [-0.1, -0.05) is 48.5 Å². The summed E-state index contributed by atoms with van der Waals surface area (Å²) in [7, 11) is 1.82. The van der Waals surface area contributed by atoms with Gasteiger partial charge in [-0.3, -0.25) is 4.99 Å². The van der Waals surface area contributed by atoms with Gasteiger partial charge in [-0.25, -0.2) is 0 Å². The van der Waals surface area contributed by atoms with Crippen molar-refractivity contribution in [3.8, 4) is 0 Å². The van der Waals surface area contributed by atoms with E-state index in [0.29, 0.717) is 0 Å². The SMILES string of the molecule is CN=Cc1c2ccccc2cc2ccccc12. The first-order valence-corrected chi connectivity index (χ1v) is 5.73. The van der Waals surface area contributed by atoms with Crippen LogP contribution in [0.2, 0.25) is 0 Å². The molecule has 1 heteroatoms. The molecule has 0 amide bonds. The fourth-order valence-electron chi connectivity index (χ4n) is 2.32. The average Bonchev–Trinajstić information content (AvgIpc) is 2.39. The lowest BCUT2D eigenvalue weighted by Gasteiger charge is -2.07. The van der Waals surface area contributed by atoms with Gasteiger partial charge in [0.05, 0.1) is 0 Å². The second-order valence-corrected chi connectivity index (χ2v) is 4.12. The summed E-state index contributed by atoms with van der Waals surface area (Å²) in [4.78, 5) is 4.18. The molecule has 0 aliphatic carbocycles. The van der Waals surface area contributed by atoms with E-state index in [1.54, 1.807) is 0 Å². The summed E-state index contributed by atoms with van der Waals surface area (Å²) in [5.74, 6) is 0. The van der Waals surface area contributed by atoms with E-state index in [2.05, 4.69) is 59.6 Å². The predicted molar refractivity (Wildman–Crippen MR) is 75.0 cm³/mol. The zero-order valence-electron chi connectivity index (χ0n) is 9.72. The Morgan fingerprint density at radius 1 is 0.824 bits per heavy atom. The van der Waals surface area contributed by atoms with E-state index in [1.807, 2.05) is 13.3 Å². The van der Waals surface area contributed by atoms with Gasteiger partial charge in [-0.05, 0) is 27.6 Å². The molecule has 0 aliphatic rings. The van der Waals surface area contributed by atoms with Gasteiger partial charge in [-0.2, -0.15) is 0 Å². The molecule has 82 valence electrons. The van der Waals surface area contributed by atoms with Gasteiger partial charge in [0.2, 0.25) is 0 Å². The molecule has 3 aromatic rings. The Balaban J connectivity index is 2.56. The lowest BCUT2D eigenvalue weighted by atomic mass is 9.97. The predicted octanol–water partition coefficient (Wildman–Crippen LogP) is 4.04. The van der Waals surface area contributed by atoms with Gasteiger partial charge >= 0.3 is 0 Å². The first-order chi connectivity index (χ1) is 8.40. The Morgan fingerprint density at radius 2 is 1.35 bits per heavy atom. The maximum Gasteiger partial charge on any atom is 0.0293 e. The molecule has 3 aromatic carbocycles. The highest BCUT2D eigenvalue weighted by atomic mass is 14.6. The molecule has 0 spiro atoms. The molecule has 0 fully saturated rings. The third-order valence-corrected chi connectivity index (χ3v) is 3.07. The maximum absolute atomic E-state index is 4.18. The van der Waals surface area contributed by atoms with Crippen LogP contribution >= 0.6 is 0 Å². The summed E-state index contributed by atoms with van der Waals surface area (Å²) in [5, 5.41) is 5.05. The molecular weight excluding hydrogens is 206 g/mol. The number of benzene rings is 3. The van der Waals surface area contributed by atoms with Crippen molar-refractivity contribution in [2.75, 3.05) is 7.05 Å². The van der Waals surface area contributed by atoms with E-state index in [9.17, 15) is 0 Å². The highest BCUT2D eigenvalue weighted by Crippen LogP contribution is 2.27. The second-order valence-electron chi connectivity index (χ2n) is 4.12. The molecule has 3 rings (SSSR count). The lowest BCUT2D eigenvalue weighted by Crippen LogP contribution is -1.87. The molecule has 0 bridgehead atoms. The van der Waals surface area contributed by atoms with E-state index in [4.69, 9.17) is 0 Å². The molecule has 0 saturated heterocycles. The molecule has 0 radical (unpaired) electrons. The normalized spacial score (nSPS) is 11.6. The van der Waals surface area contributed by atoms with Crippen LogP contribution in [-0.4, -0.2) is 13.3 Å². The van der Waals surface area contributed by atoms with Gasteiger partial charge in [-0.15, -0.1) is 0 Å². The van der Waals surface area contributed by atoms with E-state index in [0.717, 1.165) is 0 Å². The molecule has 0 N–H and O–H groups in total. The summed E-state index contributed by atoms with van der Waals surface area (Å²) in [6, 6.07) is 19.1. The Labute approximate surface area is 100 Å². The molecule has 0 unspecified atom stereocenters. The Morgan fingerprint density at radius 3 is 1.88 bits per heavy atom. The van der Waals surface area contributed by atoms with E-state index >= 15 is 0 Å². The van der Waals surface area contributed by atoms with Crippen LogP contribution in [0.25, 0.3) is 21.5 Å². The minimum absolute atomic E-state index is 1.21. The highest BCUT2D eigenvalue weighted by molar-refractivity contribution is 6.13. The molecule has 0 aromatic heterocycles. The van der Waals surface area contributed by atoms with Crippen LogP contribution < -0.4 is 0 Å². The standard InChI is InChI=1S/C16H13N/c1-17-11-16-14-8-4-2-6-12(14)10-13-7-3-5-9-15(13)16/h2-11H,1H3. The summed E-state index contributed by atoms with van der Waals surface area (Å²) in [6.45, 7) is 0. The van der Waals surface area contributed by atoms with Crippen molar-refractivity contribution in [3.05, 3.63) is 60.2 Å². The van der Waals surface area contributed by atoms with Crippen molar-refractivity contribution in [2.45, 2.75) is 0 Å². The third kappa shape index (κ3) is 1.60. The van der Waals surface area contributed by atoms with Crippen LogP contribution in [-0.2, 0) is 0 Å². The number of hydrogen-bond acceptors (Lipinski definition) is 1. The van der Waals surface area contributed by atoms with Crippen molar-refractivity contribution in [1.82, 2.24) is 0 Å². The molecule has 17 heavy (non-hydrogen) atoms. The molecule has 0 atom stereocenters. The van der Waals surface area contributed by atoms with Crippen LogP contribution in [0.1, 0.15) is 5.56 Å². The van der Waals surface area contributed by atoms with Gasteiger partial charge in [0, 0.05) is 18.8 Å². The van der Waals surface area contributed by atoms with Crippen LogP contribution in [0.3, 0.4) is 0 Å². The van der Waals surface area contributed by atoms with Crippen LogP contribution in [0.5, 0.6) is 0 Å². The van der Waals surface area contributed by atoms with Gasteiger partial charge < -0.3 is 0 Å². The molecular formula is C16H13N. The van der Waals surface area contributed by atoms with Gasteiger partial charge in [0.1, 0.15) is 0 Å². The average molecular weight is 219 g/mol. The molecule has 0 aliphatic heterocycles. The largest absolute Gasteiger partial charge is 0.296 e. The fraction of sp³-hybridized carbons (Fsp3) is 0.0625. The summed E-state index contributed by atoms with van der Waals surface area (Å²) in [5.41, 5.74) is 1.21. The quantitative estimate of drug-likeness (QED) is 0.432. The summed E-state index contributed by atoms with van der Waals surface area (Å²) >= 11 is 0. The van der Waals surface area contributed by atoms with Crippen molar-refractivity contribution >= 4 is 27.8 Å². The first kappa shape index (κ1) is 10.0. The van der Waals surface area contributed by atoms with Crippen molar-refractivity contribution < 1.29 is 0 Å².